The van der Waals surface area contributed by atoms with E-state index >= 15 is 0 Å². The van der Waals surface area contributed by atoms with Crippen molar-refractivity contribution in [3.63, 3.8) is 0 Å². The Morgan fingerprint density at radius 2 is 1.73 bits per heavy atom. The van der Waals surface area contributed by atoms with E-state index in [1.54, 1.807) is 27.5 Å². The third-order valence-electron chi connectivity index (χ3n) is 3.58. The maximum Gasteiger partial charge on any atom is 0.174 e. The van der Waals surface area contributed by atoms with Gasteiger partial charge in [0.1, 0.15) is 0 Å². The highest BCUT2D eigenvalue weighted by molar-refractivity contribution is 14.1. The van der Waals surface area contributed by atoms with Gasteiger partial charge in [0.2, 0.25) is 0 Å². The molecule has 0 fully saturated rings. The van der Waals surface area contributed by atoms with Gasteiger partial charge < -0.3 is 24.4 Å². The van der Waals surface area contributed by atoms with Gasteiger partial charge >= 0.3 is 0 Å². The van der Waals surface area contributed by atoms with Gasteiger partial charge in [0, 0.05) is 0 Å². The lowest BCUT2D eigenvalue weighted by Gasteiger charge is -2.12. The van der Waals surface area contributed by atoms with E-state index in [0.717, 1.165) is 20.4 Å². The van der Waals surface area contributed by atoms with Crippen LogP contribution in [0.25, 0.3) is 0 Å². The smallest absolute Gasteiger partial charge is 0.174 e. The zero-order chi connectivity index (χ0) is 18.9. The molecule has 0 amide bonds. The van der Waals surface area contributed by atoms with E-state index < -0.39 is 0 Å². The second kappa shape index (κ2) is 10.1. The van der Waals surface area contributed by atoms with Crippen molar-refractivity contribution in [1.82, 2.24) is 5.43 Å². The zero-order valence-corrected chi connectivity index (χ0v) is 17.5. The van der Waals surface area contributed by atoms with Gasteiger partial charge in [0.25, 0.3) is 0 Å². The summed E-state index contributed by atoms with van der Waals surface area (Å²) in [7, 11) is 4.87. The minimum atomic E-state index is 0.572. The molecule has 0 unspecified atom stereocenters. The van der Waals surface area contributed by atoms with E-state index in [4.69, 9.17) is 18.9 Å². The van der Waals surface area contributed by atoms with Crippen molar-refractivity contribution in [3.8, 4) is 23.0 Å². The maximum atomic E-state index is 5.62. The summed E-state index contributed by atoms with van der Waals surface area (Å²) in [5, 5.41) is 4.28. The van der Waals surface area contributed by atoms with Crippen LogP contribution in [0.1, 0.15) is 18.1 Å². The quantitative estimate of drug-likeness (QED) is 0.343. The molecule has 0 heterocycles. The van der Waals surface area contributed by atoms with Gasteiger partial charge in [0.05, 0.1) is 44.3 Å². The molecule has 2 aromatic carbocycles. The number of hydrogen-bond acceptors (Lipinski definition) is 6. The van der Waals surface area contributed by atoms with Crippen molar-refractivity contribution >= 4 is 28.8 Å². The first-order chi connectivity index (χ1) is 12.6. The van der Waals surface area contributed by atoms with Crippen LogP contribution in [0.3, 0.4) is 0 Å². The summed E-state index contributed by atoms with van der Waals surface area (Å²) in [6.07, 6.45) is 1.75. The Morgan fingerprint density at radius 1 is 1.00 bits per heavy atom. The Kier molecular flexibility index (Phi) is 7.83. The monoisotopic (exact) mass is 470 g/mol. The Bertz CT molecular complexity index is 765. The van der Waals surface area contributed by atoms with E-state index in [2.05, 4.69) is 33.1 Å². The van der Waals surface area contributed by atoms with Crippen molar-refractivity contribution in [2.24, 2.45) is 5.10 Å². The molecule has 0 saturated carbocycles. The lowest BCUT2D eigenvalue weighted by atomic mass is 10.2. The van der Waals surface area contributed by atoms with E-state index in [1.165, 1.54) is 0 Å². The fourth-order valence-electron chi connectivity index (χ4n) is 2.35. The van der Waals surface area contributed by atoms with Crippen molar-refractivity contribution < 1.29 is 18.9 Å². The number of rotatable bonds is 9. The molecule has 2 aromatic rings. The lowest BCUT2D eigenvalue weighted by Crippen LogP contribution is -2.06. The summed E-state index contributed by atoms with van der Waals surface area (Å²) in [6, 6.07) is 9.65. The molecule has 0 spiro atoms. The van der Waals surface area contributed by atoms with Crippen LogP contribution in [-0.4, -0.2) is 34.2 Å². The van der Waals surface area contributed by atoms with E-state index in [1.807, 2.05) is 37.3 Å². The highest BCUT2D eigenvalue weighted by Crippen LogP contribution is 2.33. The van der Waals surface area contributed by atoms with Crippen molar-refractivity contribution in [3.05, 3.63) is 45.0 Å². The first-order valence-electron chi connectivity index (χ1n) is 8.10. The van der Waals surface area contributed by atoms with Crippen molar-refractivity contribution in [2.45, 2.75) is 13.5 Å². The molecule has 0 saturated heterocycles. The number of halogens is 1. The molecular formula is C19H23IN2O4. The molecule has 0 atom stereocenters. The normalized spacial score (nSPS) is 10.7. The largest absolute Gasteiger partial charge is 0.493 e. The SMILES string of the molecule is CCOc1c(I)cc(/C=N/NCc2ccc(OC)c(OC)c2)cc1OC. The van der Waals surface area contributed by atoms with Gasteiger partial charge in [0.15, 0.2) is 23.0 Å². The predicted octanol–water partition coefficient (Wildman–Crippen LogP) is 3.84. The molecule has 26 heavy (non-hydrogen) atoms. The fourth-order valence-corrected chi connectivity index (χ4v) is 3.13. The summed E-state index contributed by atoms with van der Waals surface area (Å²) in [6.45, 7) is 3.11. The maximum absolute atomic E-state index is 5.62. The summed E-state index contributed by atoms with van der Waals surface area (Å²) in [5.41, 5.74) is 5.00. The summed E-state index contributed by atoms with van der Waals surface area (Å²) < 4.78 is 22.5. The standard InChI is InChI=1S/C19H23IN2O4/c1-5-26-19-15(20)8-14(10-18(19)25-4)12-22-21-11-13-6-7-16(23-2)17(9-13)24-3/h6-10,12,21H,5,11H2,1-4H3/b22-12+. The van der Waals surface area contributed by atoms with Crippen LogP contribution in [0.15, 0.2) is 35.4 Å². The zero-order valence-electron chi connectivity index (χ0n) is 15.3. The molecule has 6 nitrogen and oxygen atoms in total. The molecule has 0 aliphatic heterocycles. The van der Waals surface area contributed by atoms with E-state index in [0.29, 0.717) is 30.4 Å². The first-order valence-corrected chi connectivity index (χ1v) is 9.18. The Morgan fingerprint density at radius 3 is 2.38 bits per heavy atom. The van der Waals surface area contributed by atoms with Crippen LogP contribution in [0.4, 0.5) is 0 Å². The van der Waals surface area contributed by atoms with Gasteiger partial charge in [-0.3, -0.25) is 0 Å². The van der Waals surface area contributed by atoms with Gasteiger partial charge in [-0.05, 0) is 64.9 Å². The van der Waals surface area contributed by atoms with Crippen LogP contribution in [0, 0.1) is 3.57 Å². The summed E-state index contributed by atoms with van der Waals surface area (Å²) in [4.78, 5) is 0. The number of nitrogens with one attached hydrogen (secondary N) is 1. The average Bonchev–Trinajstić information content (AvgIpc) is 2.66. The lowest BCUT2D eigenvalue weighted by molar-refractivity contribution is 0.308. The highest BCUT2D eigenvalue weighted by Gasteiger charge is 2.10. The molecule has 2 rings (SSSR count). The molecule has 0 bridgehead atoms. The molecule has 0 aliphatic carbocycles. The van der Waals surface area contributed by atoms with Gasteiger partial charge in [-0.25, -0.2) is 0 Å². The topological polar surface area (TPSA) is 61.3 Å². The Labute approximate surface area is 167 Å². The van der Waals surface area contributed by atoms with Crippen LogP contribution < -0.4 is 24.4 Å². The molecular weight excluding hydrogens is 447 g/mol. The number of benzene rings is 2. The molecule has 140 valence electrons. The molecule has 0 radical (unpaired) electrons. The predicted molar refractivity (Wildman–Crippen MR) is 111 cm³/mol. The van der Waals surface area contributed by atoms with E-state index in [-0.39, 0.29) is 0 Å². The van der Waals surface area contributed by atoms with Gasteiger partial charge in [-0.15, -0.1) is 0 Å². The fraction of sp³-hybridized carbons (Fsp3) is 0.316. The van der Waals surface area contributed by atoms with Crippen LogP contribution in [0.5, 0.6) is 23.0 Å². The summed E-state index contributed by atoms with van der Waals surface area (Å²) in [5.74, 6) is 2.85. The molecule has 1 N–H and O–H groups in total. The third kappa shape index (κ3) is 5.17. The number of nitrogens with zero attached hydrogens (tertiary/aromatic N) is 1. The van der Waals surface area contributed by atoms with Crippen LogP contribution in [0.2, 0.25) is 0 Å². The van der Waals surface area contributed by atoms with Gasteiger partial charge in [-0.2, -0.15) is 5.10 Å². The summed E-state index contributed by atoms with van der Waals surface area (Å²) >= 11 is 2.23. The number of hydrogen-bond donors (Lipinski definition) is 1. The Balaban J connectivity index is 2.03. The minimum Gasteiger partial charge on any atom is -0.493 e. The Hall–Kier alpha value is -2.16. The van der Waals surface area contributed by atoms with Crippen LogP contribution in [-0.2, 0) is 6.54 Å². The van der Waals surface area contributed by atoms with Crippen molar-refractivity contribution in [1.29, 1.82) is 0 Å². The molecule has 0 aliphatic rings. The molecule has 0 aromatic heterocycles. The minimum absolute atomic E-state index is 0.572. The average molecular weight is 470 g/mol. The second-order valence-electron chi connectivity index (χ2n) is 5.25. The van der Waals surface area contributed by atoms with Gasteiger partial charge in [-0.1, -0.05) is 6.07 Å². The van der Waals surface area contributed by atoms with Crippen LogP contribution >= 0.6 is 22.6 Å². The second-order valence-corrected chi connectivity index (χ2v) is 6.41. The third-order valence-corrected chi connectivity index (χ3v) is 4.38. The first kappa shape index (κ1) is 20.2. The number of methoxy groups -OCH3 is 3. The van der Waals surface area contributed by atoms with Crippen molar-refractivity contribution in [2.75, 3.05) is 27.9 Å². The number of ether oxygens (including phenoxy) is 4. The molecule has 7 heteroatoms. The van der Waals surface area contributed by atoms with E-state index in [9.17, 15) is 0 Å². The number of hydrazone groups is 1. The highest BCUT2D eigenvalue weighted by atomic mass is 127.